The number of rotatable bonds is 6. The SMILES string of the molecule is C=C(OC1CCN(c2cc(C(=O)OC)ccn2)CC1)N1CCN(C2CCC2)CC1. The Morgan fingerprint density at radius 2 is 1.83 bits per heavy atom. The molecule has 0 atom stereocenters. The third-order valence-electron chi connectivity index (χ3n) is 6.49. The van der Waals surface area contributed by atoms with Gasteiger partial charge in [-0.3, -0.25) is 4.90 Å². The lowest BCUT2D eigenvalue weighted by molar-refractivity contribution is 0.00515. The number of esters is 1. The fourth-order valence-corrected chi connectivity index (χ4v) is 4.39. The molecule has 3 heterocycles. The second-order valence-corrected chi connectivity index (χ2v) is 8.20. The Labute approximate surface area is 173 Å². The van der Waals surface area contributed by atoms with E-state index in [2.05, 4.69) is 26.3 Å². The molecule has 1 aromatic heterocycles. The predicted octanol–water partition coefficient (Wildman–Crippen LogP) is 2.49. The Kier molecular flexibility index (Phi) is 6.23. The van der Waals surface area contributed by atoms with E-state index in [1.165, 1.54) is 26.4 Å². The second-order valence-electron chi connectivity index (χ2n) is 8.20. The van der Waals surface area contributed by atoms with Gasteiger partial charge in [0.2, 0.25) is 0 Å². The standard InChI is InChI=1S/C22H32N4O3/c1-17(24-12-14-25(15-13-24)19-4-3-5-19)29-20-7-10-26(11-8-20)21-16-18(6-9-23-21)22(27)28-2/h6,9,16,19-20H,1,3-5,7-8,10-15H2,2H3. The van der Waals surface area contributed by atoms with Crippen LogP contribution in [0.2, 0.25) is 0 Å². The van der Waals surface area contributed by atoms with E-state index in [0.29, 0.717) is 5.56 Å². The summed E-state index contributed by atoms with van der Waals surface area (Å²) in [6.45, 7) is 10.2. The van der Waals surface area contributed by atoms with Gasteiger partial charge in [-0.15, -0.1) is 0 Å². The van der Waals surface area contributed by atoms with Crippen LogP contribution in [-0.2, 0) is 9.47 Å². The molecule has 0 aromatic carbocycles. The Balaban J connectivity index is 1.23. The van der Waals surface area contributed by atoms with Gasteiger partial charge in [0.1, 0.15) is 11.9 Å². The van der Waals surface area contributed by atoms with Crippen LogP contribution >= 0.6 is 0 Å². The molecule has 0 amide bonds. The lowest BCUT2D eigenvalue weighted by Gasteiger charge is -2.44. The van der Waals surface area contributed by atoms with Crippen LogP contribution in [0, 0.1) is 0 Å². The molecule has 0 radical (unpaired) electrons. The lowest BCUT2D eigenvalue weighted by atomic mass is 9.91. The van der Waals surface area contributed by atoms with Crippen LogP contribution in [0.25, 0.3) is 0 Å². The molecular weight excluding hydrogens is 368 g/mol. The molecule has 0 N–H and O–H groups in total. The van der Waals surface area contributed by atoms with Crippen LogP contribution in [0.15, 0.2) is 30.8 Å². The first kappa shape index (κ1) is 20.0. The topological polar surface area (TPSA) is 58.1 Å². The number of hydrogen-bond donors (Lipinski definition) is 0. The zero-order valence-corrected chi connectivity index (χ0v) is 17.4. The van der Waals surface area contributed by atoms with Gasteiger partial charge in [-0.1, -0.05) is 6.42 Å². The third-order valence-corrected chi connectivity index (χ3v) is 6.49. The van der Waals surface area contributed by atoms with Crippen LogP contribution in [0.5, 0.6) is 0 Å². The first-order valence-corrected chi connectivity index (χ1v) is 10.8. The average molecular weight is 401 g/mol. The van der Waals surface area contributed by atoms with Crippen LogP contribution in [-0.4, -0.2) is 79.3 Å². The number of pyridine rings is 1. The summed E-state index contributed by atoms with van der Waals surface area (Å²) in [6.07, 6.45) is 7.82. The summed E-state index contributed by atoms with van der Waals surface area (Å²) in [5.41, 5.74) is 0.533. The Bertz CT molecular complexity index is 721. The zero-order chi connectivity index (χ0) is 20.2. The maximum atomic E-state index is 11.7. The number of methoxy groups -OCH3 is 1. The van der Waals surface area contributed by atoms with Gasteiger partial charge in [0, 0.05) is 64.3 Å². The molecule has 29 heavy (non-hydrogen) atoms. The van der Waals surface area contributed by atoms with Crippen molar-refractivity contribution in [3.8, 4) is 0 Å². The molecule has 0 unspecified atom stereocenters. The summed E-state index contributed by atoms with van der Waals surface area (Å²) in [5.74, 6) is 1.31. The summed E-state index contributed by atoms with van der Waals surface area (Å²) >= 11 is 0. The molecule has 7 nitrogen and oxygen atoms in total. The third kappa shape index (κ3) is 4.66. The van der Waals surface area contributed by atoms with Gasteiger partial charge in [-0.25, -0.2) is 9.78 Å². The van der Waals surface area contributed by atoms with E-state index >= 15 is 0 Å². The van der Waals surface area contributed by atoms with Crippen molar-refractivity contribution >= 4 is 11.8 Å². The summed E-state index contributed by atoms with van der Waals surface area (Å²) < 4.78 is 11.0. The highest BCUT2D eigenvalue weighted by atomic mass is 16.5. The minimum Gasteiger partial charge on any atom is -0.476 e. The molecule has 4 rings (SSSR count). The highest BCUT2D eigenvalue weighted by Crippen LogP contribution is 2.27. The van der Waals surface area contributed by atoms with E-state index in [0.717, 1.165) is 69.9 Å². The van der Waals surface area contributed by atoms with E-state index in [1.54, 1.807) is 18.3 Å². The first-order valence-electron chi connectivity index (χ1n) is 10.8. The van der Waals surface area contributed by atoms with Crippen LogP contribution in [0.4, 0.5) is 5.82 Å². The average Bonchev–Trinajstić information content (AvgIpc) is 2.73. The molecule has 3 fully saturated rings. The van der Waals surface area contributed by atoms with Crippen molar-refractivity contribution in [1.82, 2.24) is 14.8 Å². The largest absolute Gasteiger partial charge is 0.476 e. The summed E-state index contributed by atoms with van der Waals surface area (Å²) in [4.78, 5) is 23.3. The van der Waals surface area contributed by atoms with E-state index in [-0.39, 0.29) is 12.1 Å². The maximum Gasteiger partial charge on any atom is 0.338 e. The van der Waals surface area contributed by atoms with E-state index < -0.39 is 0 Å². The number of nitrogens with zero attached hydrogens (tertiary/aromatic N) is 4. The quantitative estimate of drug-likeness (QED) is 0.537. The Morgan fingerprint density at radius 3 is 2.45 bits per heavy atom. The molecule has 1 saturated carbocycles. The summed E-state index contributed by atoms with van der Waals surface area (Å²) in [6, 6.07) is 4.30. The van der Waals surface area contributed by atoms with Crippen molar-refractivity contribution in [3.63, 3.8) is 0 Å². The lowest BCUT2D eigenvalue weighted by Crippen LogP contribution is -2.52. The normalized spacial score (nSPS) is 21.6. The molecule has 0 bridgehead atoms. The number of carbonyl (C=O) groups is 1. The van der Waals surface area contributed by atoms with Gasteiger partial charge in [-0.05, 0) is 31.6 Å². The smallest absolute Gasteiger partial charge is 0.338 e. The van der Waals surface area contributed by atoms with Crippen molar-refractivity contribution in [1.29, 1.82) is 0 Å². The van der Waals surface area contributed by atoms with Crippen molar-refractivity contribution in [2.75, 3.05) is 51.3 Å². The maximum absolute atomic E-state index is 11.7. The minimum atomic E-state index is -0.333. The predicted molar refractivity (Wildman–Crippen MR) is 112 cm³/mol. The van der Waals surface area contributed by atoms with E-state index in [4.69, 9.17) is 9.47 Å². The highest BCUT2D eigenvalue weighted by Gasteiger charge is 2.29. The molecule has 2 aliphatic heterocycles. The van der Waals surface area contributed by atoms with Gasteiger partial charge >= 0.3 is 5.97 Å². The molecule has 1 aromatic rings. The minimum absolute atomic E-state index is 0.187. The van der Waals surface area contributed by atoms with Gasteiger partial charge in [-0.2, -0.15) is 0 Å². The van der Waals surface area contributed by atoms with Crippen molar-refractivity contribution in [2.24, 2.45) is 0 Å². The number of carbonyl (C=O) groups excluding carboxylic acids is 1. The summed E-state index contributed by atoms with van der Waals surface area (Å²) in [7, 11) is 1.39. The van der Waals surface area contributed by atoms with Crippen LogP contribution in [0.3, 0.4) is 0 Å². The number of aromatic nitrogens is 1. The number of anilines is 1. The molecular formula is C22H32N4O3. The van der Waals surface area contributed by atoms with E-state index in [1.807, 2.05) is 0 Å². The molecule has 1 aliphatic carbocycles. The Hall–Kier alpha value is -2.28. The first-order chi connectivity index (χ1) is 14.1. The van der Waals surface area contributed by atoms with Gasteiger partial charge in [0.05, 0.1) is 12.7 Å². The molecule has 158 valence electrons. The molecule has 7 heteroatoms. The zero-order valence-electron chi connectivity index (χ0n) is 17.4. The number of ether oxygens (including phenoxy) is 2. The van der Waals surface area contributed by atoms with Gasteiger partial charge in [0.25, 0.3) is 0 Å². The van der Waals surface area contributed by atoms with E-state index in [9.17, 15) is 4.79 Å². The summed E-state index contributed by atoms with van der Waals surface area (Å²) in [5, 5.41) is 0. The fraction of sp³-hybridized carbons (Fsp3) is 0.636. The van der Waals surface area contributed by atoms with Crippen molar-refractivity contribution < 1.29 is 14.3 Å². The molecule has 3 aliphatic rings. The van der Waals surface area contributed by atoms with Crippen molar-refractivity contribution in [2.45, 2.75) is 44.2 Å². The molecule has 0 spiro atoms. The monoisotopic (exact) mass is 400 g/mol. The molecule has 2 saturated heterocycles. The number of piperazine rings is 1. The van der Waals surface area contributed by atoms with Gasteiger partial charge in [0.15, 0.2) is 5.88 Å². The highest BCUT2D eigenvalue weighted by molar-refractivity contribution is 5.90. The van der Waals surface area contributed by atoms with Crippen LogP contribution < -0.4 is 4.90 Å². The Morgan fingerprint density at radius 1 is 1.10 bits per heavy atom. The number of hydrogen-bond acceptors (Lipinski definition) is 7. The van der Waals surface area contributed by atoms with Crippen molar-refractivity contribution in [3.05, 3.63) is 36.4 Å². The van der Waals surface area contributed by atoms with Gasteiger partial charge < -0.3 is 19.3 Å². The van der Waals surface area contributed by atoms with Crippen LogP contribution in [0.1, 0.15) is 42.5 Å². The number of piperidine rings is 1. The fourth-order valence-electron chi connectivity index (χ4n) is 4.39. The second kappa shape index (κ2) is 9.03.